The number of carbonyl (C=O) groups excluding carboxylic acids is 1. The lowest BCUT2D eigenvalue weighted by Crippen LogP contribution is -2.25. The highest BCUT2D eigenvalue weighted by molar-refractivity contribution is 5.92. The van der Waals surface area contributed by atoms with Crippen LogP contribution in [0.3, 0.4) is 0 Å². The van der Waals surface area contributed by atoms with Gasteiger partial charge in [-0.2, -0.15) is 0 Å². The van der Waals surface area contributed by atoms with Gasteiger partial charge in [-0.25, -0.2) is 0 Å². The molecule has 1 heterocycles. The van der Waals surface area contributed by atoms with Crippen LogP contribution in [-0.4, -0.2) is 17.4 Å². The molecule has 1 amide bonds. The number of hydrogen-bond donors (Lipinski definition) is 2. The summed E-state index contributed by atoms with van der Waals surface area (Å²) in [6.45, 7) is 1.20. The fourth-order valence-corrected chi connectivity index (χ4v) is 2.66. The summed E-state index contributed by atoms with van der Waals surface area (Å²) in [5.41, 5.74) is 6.91. The van der Waals surface area contributed by atoms with E-state index in [4.69, 9.17) is 5.73 Å². The minimum absolute atomic E-state index is 0.0880. The molecule has 104 valence electrons. The third-order valence-electron chi connectivity index (χ3n) is 3.84. The zero-order chi connectivity index (χ0) is 13.5. The molecule has 4 nitrogen and oxygen atoms in total. The van der Waals surface area contributed by atoms with Gasteiger partial charge in [0.05, 0.1) is 0 Å². The van der Waals surface area contributed by atoms with Crippen LogP contribution in [0.15, 0.2) is 18.3 Å². The Morgan fingerprint density at radius 2 is 2.16 bits per heavy atom. The van der Waals surface area contributed by atoms with E-state index >= 15 is 0 Å². The smallest absolute Gasteiger partial charge is 0.269 e. The molecule has 2 rings (SSSR count). The van der Waals surface area contributed by atoms with Crippen molar-refractivity contribution in [2.75, 3.05) is 6.54 Å². The van der Waals surface area contributed by atoms with E-state index < -0.39 is 0 Å². The van der Waals surface area contributed by atoms with E-state index in [2.05, 4.69) is 10.3 Å². The van der Waals surface area contributed by atoms with Crippen molar-refractivity contribution in [1.82, 2.24) is 10.3 Å². The maximum atomic E-state index is 11.8. The summed E-state index contributed by atoms with van der Waals surface area (Å²) in [7, 11) is 0. The molecule has 0 aromatic carbocycles. The van der Waals surface area contributed by atoms with E-state index in [1.54, 1.807) is 12.3 Å². The standard InChI is InChI=1S/C15H23N3O/c16-10-13-7-8-14(18-11-13)15(19)17-9-3-6-12-4-1-2-5-12/h7-8,11-12H,1-6,9-10,16H2,(H,17,19). The van der Waals surface area contributed by atoms with Crippen molar-refractivity contribution in [2.24, 2.45) is 11.7 Å². The van der Waals surface area contributed by atoms with Crippen molar-refractivity contribution in [3.63, 3.8) is 0 Å². The molecule has 1 aliphatic rings. The second-order valence-electron chi connectivity index (χ2n) is 5.30. The first-order valence-electron chi connectivity index (χ1n) is 7.23. The zero-order valence-electron chi connectivity index (χ0n) is 11.4. The van der Waals surface area contributed by atoms with Gasteiger partial charge in [-0.1, -0.05) is 31.7 Å². The summed E-state index contributed by atoms with van der Waals surface area (Å²) in [6.07, 6.45) is 9.47. The number of amides is 1. The lowest BCUT2D eigenvalue weighted by atomic mass is 10.0. The molecule has 0 saturated heterocycles. The third-order valence-corrected chi connectivity index (χ3v) is 3.84. The van der Waals surface area contributed by atoms with Crippen LogP contribution in [0.1, 0.15) is 54.6 Å². The molecule has 19 heavy (non-hydrogen) atoms. The van der Waals surface area contributed by atoms with Crippen LogP contribution < -0.4 is 11.1 Å². The molecule has 0 radical (unpaired) electrons. The van der Waals surface area contributed by atoms with E-state index in [0.717, 1.165) is 24.4 Å². The fourth-order valence-electron chi connectivity index (χ4n) is 2.66. The van der Waals surface area contributed by atoms with E-state index in [9.17, 15) is 4.79 Å². The van der Waals surface area contributed by atoms with Crippen molar-refractivity contribution in [3.05, 3.63) is 29.6 Å². The lowest BCUT2D eigenvalue weighted by molar-refractivity contribution is 0.0947. The first-order valence-corrected chi connectivity index (χ1v) is 7.23. The van der Waals surface area contributed by atoms with Crippen molar-refractivity contribution in [1.29, 1.82) is 0 Å². The molecule has 0 aliphatic heterocycles. The average molecular weight is 261 g/mol. The number of carbonyl (C=O) groups is 1. The molecule has 1 fully saturated rings. The van der Waals surface area contributed by atoms with Crippen LogP contribution in [0.4, 0.5) is 0 Å². The largest absolute Gasteiger partial charge is 0.351 e. The van der Waals surface area contributed by atoms with Gasteiger partial charge in [0.2, 0.25) is 0 Å². The van der Waals surface area contributed by atoms with Crippen molar-refractivity contribution < 1.29 is 4.79 Å². The minimum Gasteiger partial charge on any atom is -0.351 e. The van der Waals surface area contributed by atoms with Crippen LogP contribution in [-0.2, 0) is 6.54 Å². The Balaban J connectivity index is 1.68. The molecule has 0 unspecified atom stereocenters. The van der Waals surface area contributed by atoms with Crippen LogP contribution in [0, 0.1) is 5.92 Å². The van der Waals surface area contributed by atoms with Gasteiger partial charge >= 0.3 is 0 Å². The monoisotopic (exact) mass is 261 g/mol. The number of pyridine rings is 1. The molecule has 0 atom stereocenters. The summed E-state index contributed by atoms with van der Waals surface area (Å²) in [4.78, 5) is 15.9. The molecule has 1 saturated carbocycles. The molecule has 0 bridgehead atoms. The van der Waals surface area contributed by atoms with Gasteiger partial charge in [0.1, 0.15) is 5.69 Å². The highest BCUT2D eigenvalue weighted by Crippen LogP contribution is 2.28. The van der Waals surface area contributed by atoms with Crippen molar-refractivity contribution >= 4 is 5.91 Å². The number of nitrogens with two attached hydrogens (primary N) is 1. The van der Waals surface area contributed by atoms with Crippen molar-refractivity contribution in [2.45, 2.75) is 45.1 Å². The Morgan fingerprint density at radius 1 is 1.37 bits per heavy atom. The maximum Gasteiger partial charge on any atom is 0.269 e. The Kier molecular flexibility index (Phi) is 5.33. The van der Waals surface area contributed by atoms with Gasteiger partial charge in [-0.05, 0) is 30.4 Å². The van der Waals surface area contributed by atoms with E-state index in [1.807, 2.05) is 6.07 Å². The van der Waals surface area contributed by atoms with E-state index in [-0.39, 0.29) is 5.91 Å². The van der Waals surface area contributed by atoms with Gasteiger partial charge in [-0.15, -0.1) is 0 Å². The molecule has 1 aromatic rings. The molecular formula is C15H23N3O. The van der Waals surface area contributed by atoms with Crippen LogP contribution >= 0.6 is 0 Å². The summed E-state index contributed by atoms with van der Waals surface area (Å²) in [6, 6.07) is 3.58. The summed E-state index contributed by atoms with van der Waals surface area (Å²) < 4.78 is 0. The van der Waals surface area contributed by atoms with Gasteiger partial charge in [0.25, 0.3) is 5.91 Å². The molecule has 1 aliphatic carbocycles. The molecule has 4 heteroatoms. The number of aromatic nitrogens is 1. The Hall–Kier alpha value is -1.42. The number of hydrogen-bond acceptors (Lipinski definition) is 3. The SMILES string of the molecule is NCc1ccc(C(=O)NCCCC2CCCC2)nc1. The van der Waals surface area contributed by atoms with Crippen LogP contribution in [0.25, 0.3) is 0 Å². The summed E-state index contributed by atoms with van der Waals surface area (Å²) in [5, 5.41) is 2.93. The second kappa shape index (κ2) is 7.24. The topological polar surface area (TPSA) is 68.0 Å². The normalized spacial score (nSPS) is 15.6. The second-order valence-corrected chi connectivity index (χ2v) is 5.30. The quantitative estimate of drug-likeness (QED) is 0.772. The van der Waals surface area contributed by atoms with Gasteiger partial charge in [-0.3, -0.25) is 9.78 Å². The van der Waals surface area contributed by atoms with Gasteiger partial charge in [0.15, 0.2) is 0 Å². The summed E-state index contributed by atoms with van der Waals surface area (Å²) in [5.74, 6) is 0.800. The van der Waals surface area contributed by atoms with Gasteiger partial charge in [0, 0.05) is 19.3 Å². The highest BCUT2D eigenvalue weighted by Gasteiger charge is 2.14. The first kappa shape index (κ1) is 14.0. The number of rotatable bonds is 6. The molecule has 0 spiro atoms. The Labute approximate surface area is 114 Å². The van der Waals surface area contributed by atoms with Crippen molar-refractivity contribution in [3.8, 4) is 0 Å². The van der Waals surface area contributed by atoms with E-state index in [1.165, 1.54) is 32.1 Å². The number of nitrogens with one attached hydrogen (secondary N) is 1. The minimum atomic E-state index is -0.0880. The predicted octanol–water partition coefficient (Wildman–Crippen LogP) is 2.24. The Morgan fingerprint density at radius 3 is 2.79 bits per heavy atom. The van der Waals surface area contributed by atoms with E-state index in [0.29, 0.717) is 12.2 Å². The summed E-state index contributed by atoms with van der Waals surface area (Å²) >= 11 is 0. The fraction of sp³-hybridized carbons (Fsp3) is 0.600. The highest BCUT2D eigenvalue weighted by atomic mass is 16.1. The zero-order valence-corrected chi connectivity index (χ0v) is 11.4. The lowest BCUT2D eigenvalue weighted by Gasteiger charge is -2.09. The molecule has 3 N–H and O–H groups in total. The first-order chi connectivity index (χ1) is 9.29. The number of nitrogens with zero attached hydrogens (tertiary/aromatic N) is 1. The average Bonchev–Trinajstić information content (AvgIpc) is 2.96. The third kappa shape index (κ3) is 4.31. The maximum absolute atomic E-state index is 11.8. The van der Waals surface area contributed by atoms with Crippen LogP contribution in [0.5, 0.6) is 0 Å². The van der Waals surface area contributed by atoms with Crippen LogP contribution in [0.2, 0.25) is 0 Å². The molecular weight excluding hydrogens is 238 g/mol. The molecule has 1 aromatic heterocycles. The predicted molar refractivity (Wildman–Crippen MR) is 75.7 cm³/mol. The van der Waals surface area contributed by atoms with Gasteiger partial charge < -0.3 is 11.1 Å². The Bertz CT molecular complexity index is 396.